The molecule has 4 heterocycles. The second-order valence-electron chi connectivity index (χ2n) is 13.4. The fraction of sp³-hybridized carbons (Fsp3) is 0.786. The number of nitrogens with zero attached hydrogens (tertiary/aromatic N) is 4. The van der Waals surface area contributed by atoms with Crippen molar-refractivity contribution in [2.24, 2.45) is 0 Å². The molecule has 9 heteroatoms. The first-order valence-corrected chi connectivity index (χ1v) is 21.0. The van der Waals surface area contributed by atoms with E-state index >= 15 is 0 Å². The van der Waals surface area contributed by atoms with Crippen LogP contribution < -0.4 is 5.32 Å². The Balaban J connectivity index is 0.000000216. The van der Waals surface area contributed by atoms with Gasteiger partial charge in [-0.05, 0) is 60.7 Å². The number of aromatic nitrogens is 4. The highest BCUT2D eigenvalue weighted by atomic mass is 35.6. The van der Waals surface area contributed by atoms with Crippen LogP contribution in [0, 0.1) is 0 Å². The minimum Gasteiger partial charge on any atom is -0.357 e. The van der Waals surface area contributed by atoms with E-state index in [0.717, 1.165) is 26.1 Å². The average molecular weight is 569 g/mol. The van der Waals surface area contributed by atoms with Gasteiger partial charge in [0.2, 0.25) is 0 Å². The SMILES string of the molecule is CC(C)(C)[Si](C)(C)Cl.CC(C)(C)[Si](C)(C)c1ccnn1C1CCCCO1.c1cnn(C2CCCCO2)c1. The molecule has 2 saturated heterocycles. The molecule has 0 spiro atoms. The van der Waals surface area contributed by atoms with Crippen molar-refractivity contribution in [2.45, 2.75) is 129 Å². The fourth-order valence-electron chi connectivity index (χ4n) is 3.72. The third kappa shape index (κ3) is 9.34. The van der Waals surface area contributed by atoms with Gasteiger partial charge >= 0.3 is 0 Å². The summed E-state index contributed by atoms with van der Waals surface area (Å²) in [5.74, 6) is 0. The van der Waals surface area contributed by atoms with Crippen LogP contribution in [0.25, 0.3) is 0 Å². The molecule has 2 atom stereocenters. The molecule has 2 fully saturated rings. The second-order valence-corrected chi connectivity index (χ2v) is 25.9. The van der Waals surface area contributed by atoms with Crippen LogP contribution in [-0.2, 0) is 9.47 Å². The predicted molar refractivity (Wildman–Crippen MR) is 162 cm³/mol. The van der Waals surface area contributed by atoms with Crippen LogP contribution >= 0.6 is 11.1 Å². The summed E-state index contributed by atoms with van der Waals surface area (Å²) >= 11 is 6.15. The van der Waals surface area contributed by atoms with Crippen LogP contribution in [-0.4, -0.2) is 48.2 Å². The summed E-state index contributed by atoms with van der Waals surface area (Å²) in [6, 6.07) is 4.13. The van der Waals surface area contributed by atoms with Crippen molar-refractivity contribution in [3.63, 3.8) is 0 Å². The lowest BCUT2D eigenvalue weighted by molar-refractivity contribution is -0.0394. The molecular formula is C28H53ClN4O2Si2. The number of rotatable bonds is 3. The number of hydrogen-bond acceptors (Lipinski definition) is 4. The van der Waals surface area contributed by atoms with Gasteiger partial charge in [-0.3, -0.25) is 0 Å². The molecule has 2 aliphatic heterocycles. The van der Waals surface area contributed by atoms with Gasteiger partial charge < -0.3 is 9.47 Å². The third-order valence-electron chi connectivity index (χ3n) is 8.37. The molecule has 37 heavy (non-hydrogen) atoms. The van der Waals surface area contributed by atoms with Crippen molar-refractivity contribution < 1.29 is 9.47 Å². The summed E-state index contributed by atoms with van der Waals surface area (Å²) in [7, 11) is -2.92. The van der Waals surface area contributed by atoms with E-state index in [0.29, 0.717) is 10.1 Å². The molecule has 0 saturated carbocycles. The third-order valence-corrected chi connectivity index (χ3v) is 19.1. The normalized spacial score (nSPS) is 21.4. The van der Waals surface area contributed by atoms with E-state index in [9.17, 15) is 0 Å². The Morgan fingerprint density at radius 3 is 1.76 bits per heavy atom. The molecule has 2 aromatic rings. The Kier molecular flexibility index (Phi) is 11.7. The van der Waals surface area contributed by atoms with Crippen LogP contribution in [0.15, 0.2) is 30.7 Å². The van der Waals surface area contributed by atoms with Crippen LogP contribution in [0.2, 0.25) is 36.3 Å². The summed E-state index contributed by atoms with van der Waals surface area (Å²) in [6.45, 7) is 24.6. The van der Waals surface area contributed by atoms with Crippen molar-refractivity contribution in [2.75, 3.05) is 13.2 Å². The van der Waals surface area contributed by atoms with Gasteiger partial charge in [0.05, 0.1) is 0 Å². The van der Waals surface area contributed by atoms with Crippen molar-refractivity contribution in [1.29, 1.82) is 0 Å². The van der Waals surface area contributed by atoms with E-state index in [1.807, 2.05) is 23.1 Å². The largest absolute Gasteiger partial charge is 0.357 e. The van der Waals surface area contributed by atoms with Gasteiger partial charge in [0, 0.05) is 37.1 Å². The Morgan fingerprint density at radius 1 is 0.811 bits per heavy atom. The fourth-order valence-corrected chi connectivity index (χ4v) is 5.76. The van der Waals surface area contributed by atoms with Gasteiger partial charge in [-0.1, -0.05) is 67.7 Å². The lowest BCUT2D eigenvalue weighted by Gasteiger charge is -2.38. The summed E-state index contributed by atoms with van der Waals surface area (Å²) < 4.78 is 15.5. The lowest BCUT2D eigenvalue weighted by Crippen LogP contribution is -2.53. The molecular weight excluding hydrogens is 516 g/mol. The molecule has 2 aliphatic rings. The topological polar surface area (TPSA) is 54.1 Å². The van der Waals surface area contributed by atoms with E-state index < -0.39 is 15.5 Å². The minimum atomic E-state index is -1.54. The zero-order valence-corrected chi connectivity index (χ0v) is 27.9. The maximum atomic E-state index is 6.15. The van der Waals surface area contributed by atoms with E-state index in [4.69, 9.17) is 20.6 Å². The quantitative estimate of drug-likeness (QED) is 0.277. The van der Waals surface area contributed by atoms with Crippen molar-refractivity contribution in [3.05, 3.63) is 30.7 Å². The first kappa shape index (κ1) is 32.3. The first-order valence-electron chi connectivity index (χ1n) is 14.0. The maximum absolute atomic E-state index is 6.15. The van der Waals surface area contributed by atoms with Gasteiger partial charge in [0.15, 0.2) is 7.38 Å². The van der Waals surface area contributed by atoms with Crippen LogP contribution in [0.4, 0.5) is 0 Å². The highest BCUT2D eigenvalue weighted by Crippen LogP contribution is 2.38. The molecule has 0 radical (unpaired) electrons. The van der Waals surface area contributed by atoms with Gasteiger partial charge in [-0.15, -0.1) is 0 Å². The minimum absolute atomic E-state index is 0.165. The standard InChI is InChI=1S/C14H26N2OSi.C8H12N2O.C6H15ClSi/c1-14(2,3)18(4,5)13-9-10-15-16(13)12-8-6-7-11-17-12;1-2-7-11-8(4-1)10-6-3-5-9-10;1-6(2,3)8(4,5)7/h9-10,12H,6-8,11H2,1-5H3;3,5-6,8H,1-2,4,7H2;1-5H3. The van der Waals surface area contributed by atoms with Crippen LogP contribution in [0.3, 0.4) is 0 Å². The van der Waals surface area contributed by atoms with E-state index in [-0.39, 0.29) is 12.5 Å². The highest BCUT2D eigenvalue weighted by molar-refractivity contribution is 7.20. The first-order chi connectivity index (χ1) is 17.1. The number of halogens is 1. The molecule has 0 N–H and O–H groups in total. The van der Waals surface area contributed by atoms with E-state index in [1.54, 1.807) is 6.20 Å². The molecule has 0 amide bonds. The monoisotopic (exact) mass is 568 g/mol. The van der Waals surface area contributed by atoms with Gasteiger partial charge in [-0.25, -0.2) is 9.36 Å². The van der Waals surface area contributed by atoms with Gasteiger partial charge in [0.1, 0.15) is 20.5 Å². The summed E-state index contributed by atoms with van der Waals surface area (Å²) in [6.07, 6.45) is 13.1. The second kappa shape index (κ2) is 13.4. The molecule has 6 nitrogen and oxygen atoms in total. The summed E-state index contributed by atoms with van der Waals surface area (Å²) in [5, 5.41) is 10.8. The predicted octanol–water partition coefficient (Wildman–Crippen LogP) is 8.11. The van der Waals surface area contributed by atoms with Crippen LogP contribution in [0.1, 0.15) is 92.5 Å². The van der Waals surface area contributed by atoms with E-state index in [2.05, 4.69) is 88.7 Å². The Labute approximate surface area is 233 Å². The molecule has 4 rings (SSSR count). The van der Waals surface area contributed by atoms with E-state index in [1.165, 1.54) is 31.0 Å². The molecule has 2 unspecified atom stereocenters. The van der Waals surface area contributed by atoms with Gasteiger partial charge in [-0.2, -0.15) is 21.3 Å². The number of ether oxygens (including phenoxy) is 2. The maximum Gasteiger partial charge on any atom is 0.155 e. The Hall–Kier alpha value is -0.936. The molecule has 212 valence electrons. The molecule has 0 aliphatic carbocycles. The smallest absolute Gasteiger partial charge is 0.155 e. The number of hydrogen-bond donors (Lipinski definition) is 0. The summed E-state index contributed by atoms with van der Waals surface area (Å²) in [5.41, 5.74) is 0. The molecule has 0 aromatic carbocycles. The summed E-state index contributed by atoms with van der Waals surface area (Å²) in [4.78, 5) is 0. The van der Waals surface area contributed by atoms with Crippen molar-refractivity contribution in [1.82, 2.24) is 19.6 Å². The van der Waals surface area contributed by atoms with Crippen molar-refractivity contribution >= 4 is 31.9 Å². The molecule has 0 bridgehead atoms. The van der Waals surface area contributed by atoms with Crippen LogP contribution in [0.5, 0.6) is 0 Å². The van der Waals surface area contributed by atoms with Crippen molar-refractivity contribution in [3.8, 4) is 0 Å². The molecule has 2 aromatic heterocycles. The zero-order valence-electron chi connectivity index (χ0n) is 25.2. The van der Waals surface area contributed by atoms with Gasteiger partial charge in [0.25, 0.3) is 0 Å². The lowest BCUT2D eigenvalue weighted by atomic mass is 10.2. The Morgan fingerprint density at radius 2 is 1.35 bits per heavy atom. The highest BCUT2D eigenvalue weighted by Gasteiger charge is 2.40. The Bertz CT molecular complexity index is 888. The average Bonchev–Trinajstić information content (AvgIpc) is 3.52. The zero-order chi connectivity index (χ0) is 27.9.